The van der Waals surface area contributed by atoms with Crippen molar-refractivity contribution in [1.82, 2.24) is 0 Å². The highest BCUT2D eigenvalue weighted by molar-refractivity contribution is 6.26. The van der Waals surface area contributed by atoms with Gasteiger partial charge in [-0.1, -0.05) is 35.9 Å². The third-order valence-corrected chi connectivity index (χ3v) is 2.22. The van der Waals surface area contributed by atoms with Crippen molar-refractivity contribution in [2.24, 2.45) is 4.99 Å². The van der Waals surface area contributed by atoms with Crippen LogP contribution < -0.4 is 0 Å². The first-order valence-corrected chi connectivity index (χ1v) is 5.01. The van der Waals surface area contributed by atoms with Crippen LogP contribution in [0.15, 0.2) is 46.5 Å². The summed E-state index contributed by atoms with van der Waals surface area (Å²) in [6.07, 6.45) is 0. The van der Waals surface area contributed by atoms with Crippen molar-refractivity contribution < 1.29 is 9.90 Å². The molecule has 1 N–H and O–H groups in total. The smallest absolute Gasteiger partial charge is 0.337 e. The van der Waals surface area contributed by atoms with E-state index in [0.29, 0.717) is 5.71 Å². The third-order valence-electron chi connectivity index (χ3n) is 2.22. The Bertz CT molecular complexity index is 440. The Morgan fingerprint density at radius 1 is 1.19 bits per heavy atom. The van der Waals surface area contributed by atoms with Gasteiger partial charge in [-0.15, -0.1) is 0 Å². The van der Waals surface area contributed by atoms with Crippen LogP contribution in [0.1, 0.15) is 19.4 Å². The molecule has 0 aliphatic rings. The van der Waals surface area contributed by atoms with Crippen molar-refractivity contribution in [1.29, 1.82) is 0 Å². The molecule has 0 fully saturated rings. The highest BCUT2D eigenvalue weighted by Gasteiger charge is 2.17. The molecule has 1 rings (SSSR count). The lowest BCUT2D eigenvalue weighted by atomic mass is 9.99. The van der Waals surface area contributed by atoms with Crippen molar-refractivity contribution in [2.75, 3.05) is 7.05 Å². The molecule has 0 bridgehead atoms. The first-order valence-electron chi connectivity index (χ1n) is 5.01. The average Bonchev–Trinajstić information content (AvgIpc) is 2.25. The van der Waals surface area contributed by atoms with Crippen LogP contribution in [0.4, 0.5) is 0 Å². The van der Waals surface area contributed by atoms with Gasteiger partial charge in [0, 0.05) is 12.6 Å². The minimum Gasteiger partial charge on any atom is -0.478 e. The average molecular weight is 217 g/mol. The second-order valence-corrected chi connectivity index (χ2v) is 3.62. The molecule has 0 radical (unpaired) electrons. The van der Waals surface area contributed by atoms with Crippen molar-refractivity contribution in [3.05, 3.63) is 47.0 Å². The minimum atomic E-state index is -0.940. The van der Waals surface area contributed by atoms with Gasteiger partial charge in [0.2, 0.25) is 0 Å². The van der Waals surface area contributed by atoms with E-state index >= 15 is 0 Å². The normalized spacial score (nSPS) is 11.1. The Hall–Kier alpha value is -1.90. The van der Waals surface area contributed by atoms with Crippen LogP contribution in [-0.2, 0) is 4.79 Å². The van der Waals surface area contributed by atoms with Gasteiger partial charge in [0.1, 0.15) is 0 Å². The van der Waals surface area contributed by atoms with Crippen LogP contribution in [0.2, 0.25) is 0 Å². The number of benzene rings is 1. The number of carbonyl (C=O) groups is 1. The van der Waals surface area contributed by atoms with E-state index in [1.54, 1.807) is 20.9 Å². The van der Waals surface area contributed by atoms with Crippen molar-refractivity contribution in [2.45, 2.75) is 13.8 Å². The number of carboxylic acid groups (broad SMARTS) is 1. The van der Waals surface area contributed by atoms with Crippen LogP contribution >= 0.6 is 0 Å². The van der Waals surface area contributed by atoms with E-state index in [2.05, 4.69) is 4.99 Å². The molecule has 0 aliphatic heterocycles. The van der Waals surface area contributed by atoms with E-state index in [-0.39, 0.29) is 5.57 Å². The maximum Gasteiger partial charge on any atom is 0.337 e. The maximum atomic E-state index is 11.2. The van der Waals surface area contributed by atoms with E-state index in [1.165, 1.54) is 0 Å². The maximum absolute atomic E-state index is 11.2. The van der Waals surface area contributed by atoms with Crippen LogP contribution in [-0.4, -0.2) is 23.8 Å². The van der Waals surface area contributed by atoms with Crippen LogP contribution in [0.25, 0.3) is 0 Å². The SMILES string of the molecule is C/N=C(\C(C(=O)O)=C(C)C)c1ccccc1. The molecule has 0 saturated heterocycles. The van der Waals surface area contributed by atoms with E-state index < -0.39 is 5.97 Å². The molecule has 0 heterocycles. The zero-order valence-corrected chi connectivity index (χ0v) is 9.69. The molecule has 0 atom stereocenters. The number of hydrogen-bond donors (Lipinski definition) is 1. The Morgan fingerprint density at radius 3 is 2.12 bits per heavy atom. The third kappa shape index (κ3) is 2.57. The summed E-state index contributed by atoms with van der Waals surface area (Å²) < 4.78 is 0. The fourth-order valence-corrected chi connectivity index (χ4v) is 1.53. The summed E-state index contributed by atoms with van der Waals surface area (Å²) in [5.74, 6) is -0.940. The molecular formula is C13H15NO2. The lowest BCUT2D eigenvalue weighted by molar-refractivity contribution is -0.132. The largest absolute Gasteiger partial charge is 0.478 e. The van der Waals surface area contributed by atoms with Crippen molar-refractivity contribution >= 4 is 11.7 Å². The highest BCUT2D eigenvalue weighted by Crippen LogP contribution is 2.13. The van der Waals surface area contributed by atoms with E-state index in [1.807, 2.05) is 30.3 Å². The van der Waals surface area contributed by atoms with Gasteiger partial charge in [-0.25, -0.2) is 4.79 Å². The van der Waals surface area contributed by atoms with Crippen molar-refractivity contribution in [3.63, 3.8) is 0 Å². The zero-order chi connectivity index (χ0) is 12.1. The predicted octanol–water partition coefficient (Wildman–Crippen LogP) is 2.53. The Balaban J connectivity index is 3.30. The minimum absolute atomic E-state index is 0.272. The lowest BCUT2D eigenvalue weighted by Gasteiger charge is -2.08. The molecule has 0 unspecified atom stereocenters. The Kier molecular flexibility index (Phi) is 4.00. The summed E-state index contributed by atoms with van der Waals surface area (Å²) in [6.45, 7) is 3.55. The molecule has 0 amide bonds. The van der Waals surface area contributed by atoms with E-state index in [9.17, 15) is 4.79 Å². The quantitative estimate of drug-likeness (QED) is 0.624. The predicted molar refractivity (Wildman–Crippen MR) is 64.9 cm³/mol. The van der Waals surface area contributed by atoms with Gasteiger partial charge < -0.3 is 5.11 Å². The van der Waals surface area contributed by atoms with Gasteiger partial charge in [-0.3, -0.25) is 4.99 Å². The molecule has 0 spiro atoms. The van der Waals surface area contributed by atoms with E-state index in [0.717, 1.165) is 11.1 Å². The van der Waals surface area contributed by atoms with Crippen LogP contribution in [0.5, 0.6) is 0 Å². The van der Waals surface area contributed by atoms with Crippen molar-refractivity contribution in [3.8, 4) is 0 Å². The summed E-state index contributed by atoms with van der Waals surface area (Å²) in [6, 6.07) is 9.33. The first-order chi connectivity index (χ1) is 7.57. The molecule has 0 aromatic heterocycles. The summed E-state index contributed by atoms with van der Waals surface area (Å²) in [5.41, 5.74) is 2.36. The highest BCUT2D eigenvalue weighted by atomic mass is 16.4. The molecule has 3 heteroatoms. The zero-order valence-electron chi connectivity index (χ0n) is 9.69. The summed E-state index contributed by atoms with van der Waals surface area (Å²) in [5, 5.41) is 9.17. The van der Waals surface area contributed by atoms with Gasteiger partial charge in [0.05, 0.1) is 11.3 Å². The van der Waals surface area contributed by atoms with Gasteiger partial charge in [-0.2, -0.15) is 0 Å². The van der Waals surface area contributed by atoms with Gasteiger partial charge in [0.25, 0.3) is 0 Å². The number of aliphatic carboxylic acids is 1. The second kappa shape index (κ2) is 5.26. The number of allylic oxidation sites excluding steroid dienone is 1. The molecule has 84 valence electrons. The summed E-state index contributed by atoms with van der Waals surface area (Å²) in [4.78, 5) is 15.3. The Morgan fingerprint density at radius 2 is 1.75 bits per heavy atom. The van der Waals surface area contributed by atoms with Gasteiger partial charge in [-0.05, 0) is 13.8 Å². The van der Waals surface area contributed by atoms with E-state index in [4.69, 9.17) is 5.11 Å². The molecule has 0 saturated carbocycles. The lowest BCUT2D eigenvalue weighted by Crippen LogP contribution is -2.15. The van der Waals surface area contributed by atoms with Crippen LogP contribution in [0, 0.1) is 0 Å². The second-order valence-electron chi connectivity index (χ2n) is 3.62. The molecule has 0 aliphatic carbocycles. The first kappa shape index (κ1) is 12.2. The fraction of sp³-hybridized carbons (Fsp3) is 0.231. The Labute approximate surface area is 95.1 Å². The fourth-order valence-electron chi connectivity index (χ4n) is 1.53. The molecule has 3 nitrogen and oxygen atoms in total. The number of nitrogens with zero attached hydrogens (tertiary/aromatic N) is 1. The standard InChI is InChI=1S/C13H15NO2/c1-9(2)11(13(15)16)12(14-3)10-7-5-4-6-8-10/h4-8H,1-3H3,(H,15,16)/b14-12-. The molecule has 1 aromatic carbocycles. The number of aliphatic imine (C=N–C) groups is 1. The molecule has 1 aromatic rings. The number of rotatable bonds is 3. The van der Waals surface area contributed by atoms with Gasteiger partial charge in [0.15, 0.2) is 0 Å². The van der Waals surface area contributed by atoms with Crippen LogP contribution in [0.3, 0.4) is 0 Å². The molecular weight excluding hydrogens is 202 g/mol. The summed E-state index contributed by atoms with van der Waals surface area (Å²) >= 11 is 0. The topological polar surface area (TPSA) is 49.7 Å². The monoisotopic (exact) mass is 217 g/mol. The summed E-state index contributed by atoms with van der Waals surface area (Å²) in [7, 11) is 1.61. The number of hydrogen-bond acceptors (Lipinski definition) is 2. The number of carboxylic acids is 1. The van der Waals surface area contributed by atoms with Gasteiger partial charge >= 0.3 is 5.97 Å². The molecule has 16 heavy (non-hydrogen) atoms.